The molecule has 1 aromatic rings. The molecule has 0 saturated heterocycles. The van der Waals surface area contributed by atoms with Gasteiger partial charge in [0.2, 0.25) is 10.0 Å². The molecule has 3 N–H and O–H groups in total. The van der Waals surface area contributed by atoms with Crippen molar-refractivity contribution in [1.82, 2.24) is 4.72 Å². The molecule has 0 unspecified atom stereocenters. The molecule has 0 aliphatic carbocycles. The molecular formula is C12H20N2O2S. The topological polar surface area (TPSA) is 72.2 Å². The van der Waals surface area contributed by atoms with Crippen LogP contribution in [0.5, 0.6) is 0 Å². The summed E-state index contributed by atoms with van der Waals surface area (Å²) >= 11 is 0. The van der Waals surface area contributed by atoms with Crippen LogP contribution in [-0.4, -0.2) is 21.0 Å². The summed E-state index contributed by atoms with van der Waals surface area (Å²) in [5, 5.41) is 0. The van der Waals surface area contributed by atoms with Crippen molar-refractivity contribution >= 4 is 10.0 Å². The van der Waals surface area contributed by atoms with Crippen LogP contribution in [0, 0.1) is 12.8 Å². The zero-order valence-electron chi connectivity index (χ0n) is 10.5. The fourth-order valence-corrected chi connectivity index (χ4v) is 2.84. The summed E-state index contributed by atoms with van der Waals surface area (Å²) in [5.74, 6) is 0.167. The van der Waals surface area contributed by atoms with Crippen molar-refractivity contribution in [2.45, 2.75) is 31.7 Å². The highest BCUT2D eigenvalue weighted by Gasteiger charge is 2.20. The maximum Gasteiger partial charge on any atom is 0.240 e. The van der Waals surface area contributed by atoms with E-state index in [4.69, 9.17) is 5.73 Å². The van der Waals surface area contributed by atoms with Crippen molar-refractivity contribution in [3.05, 3.63) is 29.8 Å². The minimum atomic E-state index is -3.46. The van der Waals surface area contributed by atoms with Crippen LogP contribution in [0.1, 0.15) is 19.4 Å². The predicted molar refractivity (Wildman–Crippen MR) is 69.2 cm³/mol. The Morgan fingerprint density at radius 2 is 1.76 bits per heavy atom. The quantitative estimate of drug-likeness (QED) is 0.833. The fraction of sp³-hybridized carbons (Fsp3) is 0.500. The SMILES string of the molecule is Cc1ccc(S(=O)(=O)N[C@H](CN)C(C)C)cc1. The van der Waals surface area contributed by atoms with Gasteiger partial charge in [-0.15, -0.1) is 0 Å². The monoisotopic (exact) mass is 256 g/mol. The fourth-order valence-electron chi connectivity index (χ4n) is 1.44. The molecule has 0 aliphatic heterocycles. The maximum atomic E-state index is 12.1. The Morgan fingerprint density at radius 1 is 1.24 bits per heavy atom. The molecule has 0 heterocycles. The van der Waals surface area contributed by atoms with Gasteiger partial charge < -0.3 is 5.73 Å². The molecule has 1 atom stereocenters. The molecule has 0 radical (unpaired) electrons. The molecule has 96 valence electrons. The van der Waals surface area contributed by atoms with Crippen molar-refractivity contribution in [2.24, 2.45) is 11.7 Å². The van der Waals surface area contributed by atoms with Crippen LogP contribution in [-0.2, 0) is 10.0 Å². The predicted octanol–water partition coefficient (Wildman–Crippen LogP) is 1.26. The molecule has 0 spiro atoms. The lowest BCUT2D eigenvalue weighted by atomic mass is 10.1. The first-order chi connectivity index (χ1) is 7.86. The van der Waals surface area contributed by atoms with Gasteiger partial charge in [-0.1, -0.05) is 31.5 Å². The molecule has 17 heavy (non-hydrogen) atoms. The normalized spacial score (nSPS) is 13.9. The second-order valence-electron chi connectivity index (χ2n) is 4.52. The zero-order valence-corrected chi connectivity index (χ0v) is 11.3. The van der Waals surface area contributed by atoms with Crippen molar-refractivity contribution in [2.75, 3.05) is 6.54 Å². The molecule has 1 rings (SSSR count). The van der Waals surface area contributed by atoms with Gasteiger partial charge in [-0.3, -0.25) is 0 Å². The number of hydrogen-bond donors (Lipinski definition) is 2. The number of nitrogens with one attached hydrogen (secondary N) is 1. The van der Waals surface area contributed by atoms with Gasteiger partial charge >= 0.3 is 0 Å². The number of nitrogens with two attached hydrogens (primary N) is 1. The summed E-state index contributed by atoms with van der Waals surface area (Å²) in [7, 11) is -3.46. The van der Waals surface area contributed by atoms with Crippen LogP contribution in [0.15, 0.2) is 29.2 Å². The first kappa shape index (κ1) is 14.2. The standard InChI is InChI=1S/C12H20N2O2S/c1-9(2)12(8-13)14-17(15,16)11-6-4-10(3)5-7-11/h4-7,9,12,14H,8,13H2,1-3H3/t12-/m1/s1. The molecular weight excluding hydrogens is 236 g/mol. The van der Waals surface area contributed by atoms with E-state index in [-0.39, 0.29) is 16.9 Å². The van der Waals surface area contributed by atoms with E-state index in [0.717, 1.165) is 5.56 Å². The smallest absolute Gasteiger partial charge is 0.240 e. The number of hydrogen-bond acceptors (Lipinski definition) is 3. The van der Waals surface area contributed by atoms with E-state index < -0.39 is 10.0 Å². The number of sulfonamides is 1. The Morgan fingerprint density at radius 3 is 2.18 bits per heavy atom. The summed E-state index contributed by atoms with van der Waals surface area (Å²) in [4.78, 5) is 0.280. The average Bonchev–Trinajstić information content (AvgIpc) is 2.26. The third kappa shape index (κ3) is 3.80. The largest absolute Gasteiger partial charge is 0.329 e. The highest BCUT2D eigenvalue weighted by atomic mass is 32.2. The van der Waals surface area contributed by atoms with Gasteiger partial charge in [-0.05, 0) is 25.0 Å². The van der Waals surface area contributed by atoms with E-state index in [1.54, 1.807) is 24.3 Å². The molecule has 5 heteroatoms. The molecule has 0 amide bonds. The van der Waals surface area contributed by atoms with Crippen molar-refractivity contribution in [3.8, 4) is 0 Å². The first-order valence-electron chi connectivity index (χ1n) is 5.66. The van der Waals surface area contributed by atoms with Crippen molar-refractivity contribution in [3.63, 3.8) is 0 Å². The summed E-state index contributed by atoms with van der Waals surface area (Å²) in [6, 6.07) is 6.53. The Labute approximate surface area is 103 Å². The van der Waals surface area contributed by atoms with Crippen molar-refractivity contribution in [1.29, 1.82) is 0 Å². The summed E-state index contributed by atoms with van der Waals surface area (Å²) in [5.41, 5.74) is 6.59. The molecule has 0 saturated carbocycles. The van der Waals surface area contributed by atoms with Crippen molar-refractivity contribution < 1.29 is 8.42 Å². The molecule has 0 aromatic heterocycles. The van der Waals surface area contributed by atoms with Gasteiger partial charge in [-0.25, -0.2) is 13.1 Å². The van der Waals surface area contributed by atoms with Crippen LogP contribution < -0.4 is 10.5 Å². The average molecular weight is 256 g/mol. The first-order valence-corrected chi connectivity index (χ1v) is 7.14. The van der Waals surface area contributed by atoms with E-state index >= 15 is 0 Å². The van der Waals surface area contributed by atoms with Gasteiger partial charge in [0.1, 0.15) is 0 Å². The third-order valence-electron chi connectivity index (χ3n) is 2.70. The lowest BCUT2D eigenvalue weighted by Crippen LogP contribution is -2.43. The molecule has 0 fully saturated rings. The van der Waals surface area contributed by atoms with E-state index in [1.807, 2.05) is 20.8 Å². The molecule has 1 aromatic carbocycles. The summed E-state index contributed by atoms with van der Waals surface area (Å²) < 4.78 is 26.7. The van der Waals surface area contributed by atoms with E-state index in [2.05, 4.69) is 4.72 Å². The summed E-state index contributed by atoms with van der Waals surface area (Å²) in [6.45, 7) is 6.09. The van der Waals surface area contributed by atoms with Crippen LogP contribution in [0.25, 0.3) is 0 Å². The number of aryl methyl sites for hydroxylation is 1. The minimum absolute atomic E-state index is 0.167. The number of rotatable bonds is 5. The minimum Gasteiger partial charge on any atom is -0.329 e. The van der Waals surface area contributed by atoms with E-state index in [1.165, 1.54) is 0 Å². The Bertz CT molecular complexity index is 452. The highest BCUT2D eigenvalue weighted by Crippen LogP contribution is 2.12. The molecule has 0 bridgehead atoms. The highest BCUT2D eigenvalue weighted by molar-refractivity contribution is 7.89. The maximum absolute atomic E-state index is 12.1. The van der Waals surface area contributed by atoms with Crippen LogP contribution in [0.2, 0.25) is 0 Å². The van der Waals surface area contributed by atoms with Gasteiger partial charge in [0.05, 0.1) is 4.90 Å². The van der Waals surface area contributed by atoms with Crippen LogP contribution >= 0.6 is 0 Å². The lowest BCUT2D eigenvalue weighted by Gasteiger charge is -2.20. The van der Waals surface area contributed by atoms with E-state index in [0.29, 0.717) is 6.54 Å². The van der Waals surface area contributed by atoms with Gasteiger partial charge in [-0.2, -0.15) is 0 Å². The van der Waals surface area contributed by atoms with Gasteiger partial charge in [0, 0.05) is 12.6 Å². The van der Waals surface area contributed by atoms with Gasteiger partial charge in [0.15, 0.2) is 0 Å². The second kappa shape index (κ2) is 5.62. The number of benzene rings is 1. The van der Waals surface area contributed by atoms with Gasteiger partial charge in [0.25, 0.3) is 0 Å². The van der Waals surface area contributed by atoms with E-state index in [9.17, 15) is 8.42 Å². The second-order valence-corrected chi connectivity index (χ2v) is 6.23. The molecule has 0 aliphatic rings. The Hall–Kier alpha value is -0.910. The molecule has 4 nitrogen and oxygen atoms in total. The third-order valence-corrected chi connectivity index (χ3v) is 4.20. The van der Waals surface area contributed by atoms with Crippen LogP contribution in [0.4, 0.5) is 0 Å². The summed E-state index contributed by atoms with van der Waals surface area (Å²) in [6.07, 6.45) is 0. The Balaban J connectivity index is 2.92. The lowest BCUT2D eigenvalue weighted by molar-refractivity contribution is 0.455. The van der Waals surface area contributed by atoms with Crippen LogP contribution in [0.3, 0.4) is 0 Å². The zero-order chi connectivity index (χ0) is 13.1. The Kier molecular flexibility index (Phi) is 4.68.